The smallest absolute Gasteiger partial charge is 0.123 e. The Labute approximate surface area is 170 Å². The molecule has 2 saturated heterocycles. The minimum absolute atomic E-state index is 0.000596. The van der Waals surface area contributed by atoms with Crippen molar-refractivity contribution in [3.63, 3.8) is 0 Å². The molecule has 0 amide bonds. The molecule has 2 heterocycles. The monoisotopic (exact) mass is 402 g/mol. The van der Waals surface area contributed by atoms with Crippen LogP contribution in [0.1, 0.15) is 78.6 Å². The first-order chi connectivity index (χ1) is 13.6. The van der Waals surface area contributed by atoms with Gasteiger partial charge in [0.05, 0.1) is 31.0 Å². The van der Waals surface area contributed by atoms with Gasteiger partial charge in [-0.25, -0.2) is 4.89 Å². The molecular formula is C22H42O6. The van der Waals surface area contributed by atoms with Gasteiger partial charge in [-0.05, 0) is 38.0 Å². The summed E-state index contributed by atoms with van der Waals surface area (Å²) in [6.45, 7) is 9.67. The molecule has 6 atom stereocenters. The van der Waals surface area contributed by atoms with E-state index in [1.807, 2.05) is 13.8 Å². The second-order valence-electron chi connectivity index (χ2n) is 7.71. The minimum Gasteiger partial charge on any atom is -0.394 e. The standard InChI is InChI=1S/C11H20O2.C9H16O4.C2H6/c1-3-5-6-9-7-8-11(13-9)10(12)4-2;10-5-9-8(13-11)4-7(12-9)6-2-1-3-6;1-2/h4,9-12H,2-3,5-8H2,1H3;6-11H,1-5H2;1-2H3/t9-,10?,11-;7?,8-,9?;/m01./s1. The van der Waals surface area contributed by atoms with Crippen molar-refractivity contribution in [1.82, 2.24) is 0 Å². The van der Waals surface area contributed by atoms with Crippen molar-refractivity contribution >= 4 is 0 Å². The molecule has 3 rings (SSSR count). The second-order valence-corrected chi connectivity index (χ2v) is 7.71. The molecule has 3 fully saturated rings. The zero-order chi connectivity index (χ0) is 20.9. The van der Waals surface area contributed by atoms with E-state index in [9.17, 15) is 5.11 Å². The maximum atomic E-state index is 9.46. The number of aliphatic hydroxyl groups is 2. The van der Waals surface area contributed by atoms with Crippen molar-refractivity contribution in [2.45, 2.75) is 115 Å². The van der Waals surface area contributed by atoms with Gasteiger partial charge >= 0.3 is 0 Å². The van der Waals surface area contributed by atoms with Crippen LogP contribution < -0.4 is 0 Å². The van der Waals surface area contributed by atoms with Crippen LogP contribution in [0.25, 0.3) is 0 Å². The predicted molar refractivity (Wildman–Crippen MR) is 110 cm³/mol. The molecule has 3 N–H and O–H groups in total. The SMILES string of the molecule is C=CC(O)[C@@H]1CC[C@H](CCCC)O1.CC.OCC1OC(C2CCC2)C[C@H]1OO. The van der Waals surface area contributed by atoms with E-state index < -0.39 is 6.10 Å². The quantitative estimate of drug-likeness (QED) is 0.322. The van der Waals surface area contributed by atoms with Crippen molar-refractivity contribution < 1.29 is 29.8 Å². The Morgan fingerprint density at radius 2 is 1.89 bits per heavy atom. The first kappa shape index (κ1) is 25.5. The highest BCUT2D eigenvalue weighted by atomic mass is 17.1. The molecule has 28 heavy (non-hydrogen) atoms. The topological polar surface area (TPSA) is 88.4 Å². The fourth-order valence-electron chi connectivity index (χ4n) is 3.92. The van der Waals surface area contributed by atoms with E-state index in [2.05, 4.69) is 18.4 Å². The number of hydrogen-bond donors (Lipinski definition) is 3. The van der Waals surface area contributed by atoms with Gasteiger partial charge in [-0.3, -0.25) is 5.26 Å². The van der Waals surface area contributed by atoms with E-state index in [-0.39, 0.29) is 31.0 Å². The molecule has 0 spiro atoms. The molecule has 0 bridgehead atoms. The van der Waals surface area contributed by atoms with Gasteiger partial charge in [-0.1, -0.05) is 46.1 Å². The Bertz CT molecular complexity index is 388. The lowest BCUT2D eigenvalue weighted by atomic mass is 9.80. The number of aliphatic hydroxyl groups excluding tert-OH is 2. The summed E-state index contributed by atoms with van der Waals surface area (Å²) in [5.74, 6) is 0.620. The van der Waals surface area contributed by atoms with Crippen molar-refractivity contribution in [2.24, 2.45) is 5.92 Å². The normalized spacial score (nSPS) is 33.1. The van der Waals surface area contributed by atoms with Crippen LogP contribution in [-0.4, -0.2) is 58.7 Å². The third-order valence-corrected chi connectivity index (χ3v) is 5.86. The summed E-state index contributed by atoms with van der Waals surface area (Å²) < 4.78 is 11.3. The highest BCUT2D eigenvalue weighted by molar-refractivity contribution is 4.90. The summed E-state index contributed by atoms with van der Waals surface area (Å²) in [6, 6.07) is 0. The molecule has 1 saturated carbocycles. The summed E-state index contributed by atoms with van der Waals surface area (Å²) in [5.41, 5.74) is 0. The molecule has 6 nitrogen and oxygen atoms in total. The third kappa shape index (κ3) is 7.73. The fraction of sp³-hybridized carbons (Fsp3) is 0.909. The molecule has 3 unspecified atom stereocenters. The Balaban J connectivity index is 0.000000257. The summed E-state index contributed by atoms with van der Waals surface area (Å²) in [4.78, 5) is 4.28. The molecule has 3 aliphatic rings. The average molecular weight is 403 g/mol. The first-order valence-corrected chi connectivity index (χ1v) is 11.2. The lowest BCUT2D eigenvalue weighted by Gasteiger charge is -2.30. The van der Waals surface area contributed by atoms with Gasteiger partial charge in [0.1, 0.15) is 12.2 Å². The van der Waals surface area contributed by atoms with Crippen molar-refractivity contribution in [3.8, 4) is 0 Å². The largest absolute Gasteiger partial charge is 0.394 e. The molecule has 1 aliphatic carbocycles. The van der Waals surface area contributed by atoms with E-state index in [0.29, 0.717) is 18.4 Å². The average Bonchev–Trinajstić information content (AvgIpc) is 3.33. The van der Waals surface area contributed by atoms with Gasteiger partial charge in [0.25, 0.3) is 0 Å². The van der Waals surface area contributed by atoms with Crippen LogP contribution in [0.2, 0.25) is 0 Å². The maximum absolute atomic E-state index is 9.46. The summed E-state index contributed by atoms with van der Waals surface area (Å²) in [6.07, 6.45) is 11.0. The maximum Gasteiger partial charge on any atom is 0.123 e. The summed E-state index contributed by atoms with van der Waals surface area (Å²) in [7, 11) is 0. The summed E-state index contributed by atoms with van der Waals surface area (Å²) in [5, 5.41) is 27.0. The van der Waals surface area contributed by atoms with Crippen LogP contribution in [0.4, 0.5) is 0 Å². The number of hydrogen-bond acceptors (Lipinski definition) is 6. The number of ether oxygens (including phenoxy) is 2. The minimum atomic E-state index is -0.480. The highest BCUT2D eigenvalue weighted by Crippen LogP contribution is 2.38. The van der Waals surface area contributed by atoms with Gasteiger partial charge in [-0.15, -0.1) is 6.58 Å². The molecule has 6 heteroatoms. The van der Waals surface area contributed by atoms with Crippen LogP contribution in [-0.2, 0) is 14.4 Å². The molecule has 166 valence electrons. The molecule has 0 aromatic rings. The lowest BCUT2D eigenvalue weighted by Crippen LogP contribution is -2.28. The third-order valence-electron chi connectivity index (χ3n) is 5.86. The Morgan fingerprint density at radius 3 is 2.36 bits per heavy atom. The zero-order valence-electron chi connectivity index (χ0n) is 18.0. The molecular weight excluding hydrogens is 360 g/mol. The summed E-state index contributed by atoms with van der Waals surface area (Å²) >= 11 is 0. The number of unbranched alkanes of at least 4 members (excludes halogenated alkanes) is 1. The number of rotatable bonds is 8. The first-order valence-electron chi connectivity index (χ1n) is 11.2. The fourth-order valence-corrected chi connectivity index (χ4v) is 3.92. The van der Waals surface area contributed by atoms with Gasteiger partial charge in [0, 0.05) is 6.42 Å². The van der Waals surface area contributed by atoms with Crippen LogP contribution in [0.15, 0.2) is 12.7 Å². The van der Waals surface area contributed by atoms with E-state index >= 15 is 0 Å². The van der Waals surface area contributed by atoms with Gasteiger partial charge < -0.3 is 19.7 Å². The van der Waals surface area contributed by atoms with Crippen LogP contribution in [0, 0.1) is 5.92 Å². The van der Waals surface area contributed by atoms with E-state index in [4.69, 9.17) is 19.8 Å². The van der Waals surface area contributed by atoms with Crippen molar-refractivity contribution in [1.29, 1.82) is 0 Å². The molecule has 2 aliphatic heterocycles. The van der Waals surface area contributed by atoms with Crippen molar-refractivity contribution in [2.75, 3.05) is 6.61 Å². The van der Waals surface area contributed by atoms with E-state index in [0.717, 1.165) is 19.3 Å². The lowest BCUT2D eigenvalue weighted by molar-refractivity contribution is -0.288. The second kappa shape index (κ2) is 14.5. The molecule has 0 aromatic heterocycles. The van der Waals surface area contributed by atoms with Crippen LogP contribution >= 0.6 is 0 Å². The Kier molecular flexibility index (Phi) is 13.2. The Morgan fingerprint density at radius 1 is 1.18 bits per heavy atom. The van der Waals surface area contributed by atoms with Gasteiger partial charge in [-0.2, -0.15) is 0 Å². The van der Waals surface area contributed by atoms with Gasteiger partial charge in [0.2, 0.25) is 0 Å². The van der Waals surface area contributed by atoms with Crippen molar-refractivity contribution in [3.05, 3.63) is 12.7 Å². The van der Waals surface area contributed by atoms with Crippen LogP contribution in [0.3, 0.4) is 0 Å². The van der Waals surface area contributed by atoms with E-state index in [1.165, 1.54) is 32.1 Å². The molecule has 0 aromatic carbocycles. The Hall–Kier alpha value is -0.500. The molecule has 0 radical (unpaired) electrons. The van der Waals surface area contributed by atoms with Crippen LogP contribution in [0.5, 0.6) is 0 Å². The predicted octanol–water partition coefficient (Wildman–Crippen LogP) is 4.09. The zero-order valence-corrected chi connectivity index (χ0v) is 18.0. The van der Waals surface area contributed by atoms with Gasteiger partial charge in [0.15, 0.2) is 0 Å². The van der Waals surface area contributed by atoms with E-state index in [1.54, 1.807) is 6.08 Å². The highest BCUT2D eigenvalue weighted by Gasteiger charge is 2.41.